The van der Waals surface area contributed by atoms with E-state index in [-0.39, 0.29) is 18.0 Å². The van der Waals surface area contributed by atoms with Crippen molar-refractivity contribution in [2.75, 3.05) is 18.5 Å². The van der Waals surface area contributed by atoms with Gasteiger partial charge in [-0.1, -0.05) is 31.1 Å². The number of anilines is 1. The van der Waals surface area contributed by atoms with Crippen LogP contribution in [-0.2, 0) is 0 Å². The molecule has 0 spiro atoms. The van der Waals surface area contributed by atoms with Crippen LogP contribution in [0.4, 0.5) is 10.5 Å². The molecule has 1 saturated heterocycles. The zero-order valence-corrected chi connectivity index (χ0v) is 14.9. The van der Waals surface area contributed by atoms with Gasteiger partial charge in [0.25, 0.3) is 0 Å². The third-order valence-electron chi connectivity index (χ3n) is 4.20. The molecule has 3 rings (SSSR count). The highest BCUT2D eigenvalue weighted by Gasteiger charge is 2.34. The van der Waals surface area contributed by atoms with Gasteiger partial charge in [-0.3, -0.25) is 0 Å². The fourth-order valence-corrected chi connectivity index (χ4v) is 2.92. The number of hydrogen-bond donors (Lipinski definition) is 1. The Morgan fingerprint density at radius 3 is 2.96 bits per heavy atom. The Morgan fingerprint density at radius 2 is 2.24 bits per heavy atom. The fraction of sp³-hybridized carbons (Fsp3) is 0.500. The normalized spacial score (nSPS) is 17.1. The van der Waals surface area contributed by atoms with Gasteiger partial charge in [-0.2, -0.15) is 4.98 Å². The number of nitrogens with zero attached hydrogens (tertiary/aromatic N) is 3. The van der Waals surface area contributed by atoms with Gasteiger partial charge in [0.1, 0.15) is 11.8 Å². The van der Waals surface area contributed by atoms with Crippen LogP contribution in [-0.4, -0.2) is 34.2 Å². The zero-order chi connectivity index (χ0) is 17.8. The molecule has 1 aliphatic heterocycles. The van der Waals surface area contributed by atoms with Gasteiger partial charge in [0.15, 0.2) is 5.82 Å². The molecule has 1 unspecified atom stereocenters. The van der Waals surface area contributed by atoms with Gasteiger partial charge in [0.2, 0.25) is 5.89 Å². The van der Waals surface area contributed by atoms with Crippen molar-refractivity contribution in [3.05, 3.63) is 36.0 Å². The second-order valence-electron chi connectivity index (χ2n) is 6.36. The van der Waals surface area contributed by atoms with E-state index in [9.17, 15) is 4.79 Å². The van der Waals surface area contributed by atoms with E-state index < -0.39 is 0 Å². The molecule has 1 aliphatic rings. The molecule has 7 nitrogen and oxygen atoms in total. The van der Waals surface area contributed by atoms with E-state index in [0.29, 0.717) is 36.3 Å². The Morgan fingerprint density at radius 1 is 1.44 bits per heavy atom. The van der Waals surface area contributed by atoms with Gasteiger partial charge < -0.3 is 19.5 Å². The lowest BCUT2D eigenvalue weighted by Gasteiger charge is -2.23. The third kappa shape index (κ3) is 3.75. The highest BCUT2D eigenvalue weighted by Crippen LogP contribution is 2.33. The first kappa shape index (κ1) is 17.3. The van der Waals surface area contributed by atoms with Crippen LogP contribution in [0.2, 0.25) is 0 Å². The molecule has 2 heterocycles. The summed E-state index contributed by atoms with van der Waals surface area (Å²) in [5.74, 6) is 2.03. The molecule has 0 bridgehead atoms. The van der Waals surface area contributed by atoms with Gasteiger partial charge in [0.05, 0.1) is 12.3 Å². The standard InChI is InChI=1S/C18H24N4O3/c1-4-24-15-10-6-5-8-13(15)19-18(23)22-11-7-9-14(22)17-20-16(12(2)3)21-25-17/h5-6,8,10,12,14H,4,7,9,11H2,1-3H3,(H,19,23). The van der Waals surface area contributed by atoms with E-state index in [4.69, 9.17) is 9.26 Å². The molecule has 25 heavy (non-hydrogen) atoms. The number of aromatic nitrogens is 2. The average Bonchev–Trinajstić information content (AvgIpc) is 3.25. The minimum atomic E-state index is -0.182. The molecule has 0 saturated carbocycles. The molecule has 1 aromatic heterocycles. The largest absolute Gasteiger partial charge is 0.492 e. The number of hydrogen-bond acceptors (Lipinski definition) is 5. The van der Waals surface area contributed by atoms with Crippen molar-refractivity contribution >= 4 is 11.7 Å². The Bertz CT molecular complexity index is 729. The third-order valence-corrected chi connectivity index (χ3v) is 4.20. The van der Waals surface area contributed by atoms with Crippen molar-refractivity contribution in [2.45, 2.75) is 45.6 Å². The minimum Gasteiger partial charge on any atom is -0.492 e. The van der Waals surface area contributed by atoms with Crippen LogP contribution < -0.4 is 10.1 Å². The minimum absolute atomic E-state index is 0.181. The highest BCUT2D eigenvalue weighted by atomic mass is 16.5. The predicted octanol–water partition coefficient (Wildman–Crippen LogP) is 3.96. The molecular weight excluding hydrogens is 320 g/mol. The number of carbonyl (C=O) groups excluding carboxylic acids is 1. The van der Waals surface area contributed by atoms with Crippen LogP contribution in [0.15, 0.2) is 28.8 Å². The van der Waals surface area contributed by atoms with E-state index in [2.05, 4.69) is 15.5 Å². The van der Waals surface area contributed by atoms with Crippen molar-refractivity contribution < 1.29 is 14.1 Å². The molecule has 0 aliphatic carbocycles. The second-order valence-corrected chi connectivity index (χ2v) is 6.36. The summed E-state index contributed by atoms with van der Waals surface area (Å²) in [4.78, 5) is 19.0. The molecule has 1 aromatic carbocycles. The Labute approximate surface area is 147 Å². The smallest absolute Gasteiger partial charge is 0.322 e. The first-order chi connectivity index (χ1) is 12.1. The SMILES string of the molecule is CCOc1ccccc1NC(=O)N1CCCC1c1nc(C(C)C)no1. The van der Waals surface area contributed by atoms with E-state index in [1.807, 2.05) is 45.0 Å². The van der Waals surface area contributed by atoms with Gasteiger partial charge in [-0.15, -0.1) is 0 Å². The molecule has 1 atom stereocenters. The molecule has 0 radical (unpaired) electrons. The van der Waals surface area contributed by atoms with E-state index in [1.54, 1.807) is 4.90 Å². The number of nitrogens with one attached hydrogen (secondary N) is 1. The number of amides is 2. The van der Waals surface area contributed by atoms with Gasteiger partial charge in [-0.05, 0) is 31.9 Å². The summed E-state index contributed by atoms with van der Waals surface area (Å²) in [6.45, 7) is 7.14. The van der Waals surface area contributed by atoms with Crippen molar-refractivity contribution in [1.29, 1.82) is 0 Å². The van der Waals surface area contributed by atoms with Crippen molar-refractivity contribution in [3.8, 4) is 5.75 Å². The van der Waals surface area contributed by atoms with Crippen molar-refractivity contribution in [3.63, 3.8) is 0 Å². The maximum absolute atomic E-state index is 12.8. The summed E-state index contributed by atoms with van der Waals surface area (Å²) < 4.78 is 11.0. The monoisotopic (exact) mass is 344 g/mol. The van der Waals surface area contributed by atoms with Crippen molar-refractivity contribution in [2.24, 2.45) is 0 Å². The van der Waals surface area contributed by atoms with Crippen LogP contribution in [0.1, 0.15) is 57.3 Å². The summed E-state index contributed by atoms with van der Waals surface area (Å²) in [5, 5.41) is 6.95. The average molecular weight is 344 g/mol. The number of likely N-dealkylation sites (tertiary alicyclic amines) is 1. The molecule has 2 aromatic rings. The fourth-order valence-electron chi connectivity index (χ4n) is 2.92. The number of urea groups is 1. The van der Waals surface area contributed by atoms with Crippen LogP contribution in [0.25, 0.3) is 0 Å². The van der Waals surface area contributed by atoms with E-state index >= 15 is 0 Å². The zero-order valence-electron chi connectivity index (χ0n) is 14.9. The van der Waals surface area contributed by atoms with Crippen LogP contribution in [0.5, 0.6) is 5.75 Å². The van der Waals surface area contributed by atoms with Crippen LogP contribution in [0, 0.1) is 0 Å². The molecule has 134 valence electrons. The molecule has 1 fully saturated rings. The lowest BCUT2D eigenvalue weighted by Crippen LogP contribution is -2.34. The Kier molecular flexibility index (Phi) is 5.21. The Hall–Kier alpha value is -2.57. The summed E-state index contributed by atoms with van der Waals surface area (Å²) in [5.41, 5.74) is 0.661. The van der Waals surface area contributed by atoms with Crippen molar-refractivity contribution in [1.82, 2.24) is 15.0 Å². The second kappa shape index (κ2) is 7.55. The van der Waals surface area contributed by atoms with Gasteiger partial charge in [-0.25, -0.2) is 4.79 Å². The van der Waals surface area contributed by atoms with Gasteiger partial charge >= 0.3 is 6.03 Å². The van der Waals surface area contributed by atoms with Gasteiger partial charge in [0, 0.05) is 12.5 Å². The predicted molar refractivity (Wildman–Crippen MR) is 93.7 cm³/mol. The number of carbonyl (C=O) groups is 1. The first-order valence-corrected chi connectivity index (χ1v) is 8.73. The highest BCUT2D eigenvalue weighted by molar-refractivity contribution is 5.91. The van der Waals surface area contributed by atoms with E-state index in [1.165, 1.54) is 0 Å². The first-order valence-electron chi connectivity index (χ1n) is 8.73. The van der Waals surface area contributed by atoms with E-state index in [0.717, 1.165) is 12.8 Å². The van der Waals surface area contributed by atoms with Crippen LogP contribution in [0.3, 0.4) is 0 Å². The number of para-hydroxylation sites is 2. The summed E-state index contributed by atoms with van der Waals surface area (Å²) in [6, 6.07) is 7.06. The molecular formula is C18H24N4O3. The summed E-state index contributed by atoms with van der Waals surface area (Å²) >= 11 is 0. The topological polar surface area (TPSA) is 80.5 Å². The molecule has 1 N–H and O–H groups in total. The number of ether oxygens (including phenoxy) is 1. The lowest BCUT2D eigenvalue weighted by atomic mass is 10.2. The molecule has 2 amide bonds. The number of rotatable bonds is 5. The summed E-state index contributed by atoms with van der Waals surface area (Å²) in [6.07, 6.45) is 1.73. The van der Waals surface area contributed by atoms with Crippen LogP contribution >= 0.6 is 0 Å². The Balaban J connectivity index is 1.74. The molecule has 7 heteroatoms. The lowest BCUT2D eigenvalue weighted by molar-refractivity contribution is 0.193. The number of benzene rings is 1. The summed E-state index contributed by atoms with van der Waals surface area (Å²) in [7, 11) is 0. The maximum Gasteiger partial charge on any atom is 0.322 e. The quantitative estimate of drug-likeness (QED) is 0.888. The maximum atomic E-state index is 12.8.